The Bertz CT molecular complexity index is 918. The molecule has 3 nitrogen and oxygen atoms in total. The quantitative estimate of drug-likeness (QED) is 0.743. The van der Waals surface area contributed by atoms with Gasteiger partial charge in [-0.3, -0.25) is 0 Å². The van der Waals surface area contributed by atoms with Crippen LogP contribution in [0, 0.1) is 5.92 Å². The van der Waals surface area contributed by atoms with Gasteiger partial charge in [0, 0.05) is 42.0 Å². The van der Waals surface area contributed by atoms with Gasteiger partial charge in [0.05, 0.1) is 0 Å². The topological polar surface area (TPSA) is 28.3 Å². The highest BCUT2D eigenvalue weighted by molar-refractivity contribution is 5.94. The first kappa shape index (κ1) is 14.6. The molecule has 6 rings (SSSR count). The standard InChI is InChI=1S/C22H22N2O/c1-2-4-16(5-3-1)15-25-18-6-7-22-19(12-18)20(13-23-22)21-14-24-10-8-17(21)9-11-24/h1-7,12-14,17,23H,8-11,15H2. The van der Waals surface area contributed by atoms with E-state index in [0.717, 1.165) is 5.75 Å². The molecule has 2 aromatic carbocycles. The van der Waals surface area contributed by atoms with Crippen LogP contribution in [0.3, 0.4) is 0 Å². The van der Waals surface area contributed by atoms with Crippen LogP contribution in [0.25, 0.3) is 16.5 Å². The van der Waals surface area contributed by atoms with E-state index in [9.17, 15) is 0 Å². The molecular formula is C22H22N2O. The van der Waals surface area contributed by atoms with Crippen LogP contribution in [-0.4, -0.2) is 23.0 Å². The van der Waals surface area contributed by atoms with Crippen molar-refractivity contribution in [3.8, 4) is 5.75 Å². The van der Waals surface area contributed by atoms with E-state index in [1.165, 1.54) is 53.5 Å². The number of hydrogen-bond donors (Lipinski definition) is 1. The fraction of sp³-hybridized carbons (Fsp3) is 0.273. The maximum Gasteiger partial charge on any atom is 0.120 e. The van der Waals surface area contributed by atoms with Gasteiger partial charge >= 0.3 is 0 Å². The summed E-state index contributed by atoms with van der Waals surface area (Å²) in [7, 11) is 0. The number of nitrogens with one attached hydrogen (secondary N) is 1. The molecule has 25 heavy (non-hydrogen) atoms. The Morgan fingerprint density at radius 2 is 1.88 bits per heavy atom. The maximum atomic E-state index is 6.03. The van der Waals surface area contributed by atoms with E-state index >= 15 is 0 Å². The second-order valence-corrected chi connectivity index (χ2v) is 7.08. The van der Waals surface area contributed by atoms with Gasteiger partial charge in [-0.05, 0) is 48.1 Å². The van der Waals surface area contributed by atoms with E-state index in [2.05, 4.69) is 52.6 Å². The second-order valence-electron chi connectivity index (χ2n) is 7.08. The number of aromatic nitrogens is 1. The van der Waals surface area contributed by atoms with Crippen LogP contribution in [0.15, 0.2) is 60.9 Å². The highest BCUT2D eigenvalue weighted by atomic mass is 16.5. The third-order valence-electron chi connectivity index (χ3n) is 5.50. The van der Waals surface area contributed by atoms with E-state index < -0.39 is 0 Å². The van der Waals surface area contributed by atoms with Gasteiger partial charge in [0.15, 0.2) is 0 Å². The number of H-pyrrole nitrogens is 1. The predicted molar refractivity (Wildman–Crippen MR) is 101 cm³/mol. The summed E-state index contributed by atoms with van der Waals surface area (Å²) in [6.07, 6.45) is 7.10. The Hall–Kier alpha value is -2.68. The fourth-order valence-corrected chi connectivity index (χ4v) is 4.10. The first-order valence-electron chi connectivity index (χ1n) is 9.11. The summed E-state index contributed by atoms with van der Waals surface area (Å²) in [4.78, 5) is 5.89. The maximum absolute atomic E-state index is 6.03. The lowest BCUT2D eigenvalue weighted by Crippen LogP contribution is -2.35. The van der Waals surface area contributed by atoms with Gasteiger partial charge in [0.1, 0.15) is 12.4 Å². The van der Waals surface area contributed by atoms with Crippen LogP contribution in [-0.2, 0) is 6.61 Å². The van der Waals surface area contributed by atoms with Crippen LogP contribution in [0.1, 0.15) is 24.0 Å². The van der Waals surface area contributed by atoms with Crippen molar-refractivity contribution in [1.82, 2.24) is 9.88 Å². The number of nitrogens with zero attached hydrogens (tertiary/aromatic N) is 1. The fourth-order valence-electron chi connectivity index (χ4n) is 4.10. The van der Waals surface area contributed by atoms with Crippen LogP contribution in [0.2, 0.25) is 0 Å². The summed E-state index contributed by atoms with van der Waals surface area (Å²) in [5, 5.41) is 1.27. The summed E-state index contributed by atoms with van der Waals surface area (Å²) >= 11 is 0. The Morgan fingerprint density at radius 3 is 2.64 bits per heavy atom. The molecule has 126 valence electrons. The molecule has 3 heteroatoms. The van der Waals surface area contributed by atoms with E-state index in [4.69, 9.17) is 4.74 Å². The third-order valence-corrected chi connectivity index (χ3v) is 5.50. The van der Waals surface area contributed by atoms with Gasteiger partial charge < -0.3 is 14.6 Å². The molecule has 3 aliphatic heterocycles. The smallest absolute Gasteiger partial charge is 0.120 e. The molecule has 3 aromatic rings. The van der Waals surface area contributed by atoms with Gasteiger partial charge in [-0.15, -0.1) is 0 Å². The number of allylic oxidation sites excluding steroid dienone is 1. The van der Waals surface area contributed by atoms with E-state index in [1.54, 1.807) is 0 Å². The van der Waals surface area contributed by atoms with Crippen molar-refractivity contribution in [2.45, 2.75) is 19.4 Å². The molecule has 3 aliphatic rings. The van der Waals surface area contributed by atoms with Gasteiger partial charge in [-0.2, -0.15) is 0 Å². The summed E-state index contributed by atoms with van der Waals surface area (Å²) in [5.41, 5.74) is 5.20. The van der Waals surface area contributed by atoms with E-state index in [0.29, 0.717) is 12.5 Å². The largest absolute Gasteiger partial charge is 0.489 e. The number of fused-ring (bicyclic) bond motifs is 3. The molecule has 1 saturated heterocycles. The average molecular weight is 330 g/mol. The number of rotatable bonds is 4. The summed E-state index contributed by atoms with van der Waals surface area (Å²) in [6.45, 7) is 3.02. The zero-order valence-corrected chi connectivity index (χ0v) is 14.2. The van der Waals surface area contributed by atoms with Crippen LogP contribution in [0.5, 0.6) is 5.75 Å². The summed E-state index contributed by atoms with van der Waals surface area (Å²) < 4.78 is 6.03. The van der Waals surface area contributed by atoms with Crippen LogP contribution >= 0.6 is 0 Å². The molecule has 0 unspecified atom stereocenters. The van der Waals surface area contributed by atoms with Gasteiger partial charge in [-0.1, -0.05) is 30.3 Å². The van der Waals surface area contributed by atoms with Crippen molar-refractivity contribution >= 4 is 16.5 Å². The molecule has 1 N–H and O–H groups in total. The van der Waals surface area contributed by atoms with E-state index in [1.807, 2.05) is 18.2 Å². The zero-order chi connectivity index (χ0) is 16.6. The molecule has 0 radical (unpaired) electrons. The zero-order valence-electron chi connectivity index (χ0n) is 14.2. The molecule has 0 atom stereocenters. The van der Waals surface area contributed by atoms with Gasteiger partial charge in [-0.25, -0.2) is 0 Å². The number of benzene rings is 2. The molecule has 1 fully saturated rings. The highest BCUT2D eigenvalue weighted by Crippen LogP contribution is 2.40. The lowest BCUT2D eigenvalue weighted by molar-refractivity contribution is 0.252. The summed E-state index contributed by atoms with van der Waals surface area (Å²) in [5.74, 6) is 1.64. The van der Waals surface area contributed by atoms with Crippen molar-refractivity contribution in [3.63, 3.8) is 0 Å². The van der Waals surface area contributed by atoms with Crippen molar-refractivity contribution in [2.24, 2.45) is 5.92 Å². The van der Waals surface area contributed by atoms with Crippen molar-refractivity contribution in [3.05, 3.63) is 72.1 Å². The van der Waals surface area contributed by atoms with Crippen molar-refractivity contribution in [1.29, 1.82) is 0 Å². The third kappa shape index (κ3) is 2.70. The minimum atomic E-state index is 0.602. The number of piperidine rings is 1. The SMILES string of the molecule is C1=C(c2c[nH]c3ccc(OCc4ccccc4)cc23)C2CCN1CC2. The first-order chi connectivity index (χ1) is 12.4. The first-order valence-corrected chi connectivity index (χ1v) is 9.11. The molecule has 4 heterocycles. The second kappa shape index (κ2) is 5.99. The molecule has 0 amide bonds. The number of ether oxygens (including phenoxy) is 1. The van der Waals surface area contributed by atoms with Crippen molar-refractivity contribution < 1.29 is 4.74 Å². The highest BCUT2D eigenvalue weighted by Gasteiger charge is 2.28. The molecule has 0 spiro atoms. The molecular weight excluding hydrogens is 308 g/mol. The Labute approximate surface area is 147 Å². The Kier molecular flexibility index (Phi) is 3.51. The van der Waals surface area contributed by atoms with Gasteiger partial charge in [0.25, 0.3) is 0 Å². The predicted octanol–water partition coefficient (Wildman–Crippen LogP) is 4.81. The number of hydrogen-bond acceptors (Lipinski definition) is 2. The monoisotopic (exact) mass is 330 g/mol. The normalized spacial score (nSPS) is 17.1. The molecule has 0 saturated carbocycles. The van der Waals surface area contributed by atoms with Crippen LogP contribution in [0.4, 0.5) is 0 Å². The Balaban J connectivity index is 1.45. The molecule has 0 aliphatic carbocycles. The molecule has 2 bridgehead atoms. The summed E-state index contributed by atoms with van der Waals surface area (Å²) in [6, 6.07) is 16.7. The average Bonchev–Trinajstić information content (AvgIpc) is 3.11. The minimum absolute atomic E-state index is 0.602. The lowest BCUT2D eigenvalue weighted by Gasteiger charge is -2.39. The Morgan fingerprint density at radius 1 is 1.04 bits per heavy atom. The molecule has 1 aromatic heterocycles. The van der Waals surface area contributed by atoms with Crippen LogP contribution < -0.4 is 4.74 Å². The minimum Gasteiger partial charge on any atom is -0.489 e. The van der Waals surface area contributed by atoms with E-state index in [-0.39, 0.29) is 0 Å². The number of aromatic amines is 1. The van der Waals surface area contributed by atoms with Gasteiger partial charge in [0.2, 0.25) is 0 Å². The lowest BCUT2D eigenvalue weighted by atomic mass is 9.82. The van der Waals surface area contributed by atoms with Crippen molar-refractivity contribution in [2.75, 3.05) is 13.1 Å².